The normalized spacial score (nSPS) is 11.6. The molecule has 0 aromatic heterocycles. The lowest BCUT2D eigenvalue weighted by atomic mass is 10.1. The van der Waals surface area contributed by atoms with E-state index in [1.54, 1.807) is 7.11 Å². The number of aryl methyl sites for hydroxylation is 2. The van der Waals surface area contributed by atoms with Crippen LogP contribution < -0.4 is 14.2 Å². The first-order valence-corrected chi connectivity index (χ1v) is 9.79. The van der Waals surface area contributed by atoms with Gasteiger partial charge in [-0.05, 0) is 68.7 Å². The van der Waals surface area contributed by atoms with E-state index in [0.29, 0.717) is 19.8 Å². The first kappa shape index (κ1) is 22.3. The third-order valence-corrected chi connectivity index (χ3v) is 4.24. The molecular weight excluding hydrogens is 366 g/mol. The van der Waals surface area contributed by atoms with E-state index in [1.807, 2.05) is 76.2 Å². The van der Waals surface area contributed by atoms with Gasteiger partial charge in [0.2, 0.25) is 0 Å². The Morgan fingerprint density at radius 3 is 2.21 bits per heavy atom. The molecule has 2 aromatic carbocycles. The molecule has 0 fully saturated rings. The SMILES string of the molecule is C/C=C/COc1cc(C)c(OCCOc2ccc(C/C(C)=N/OC)cc2)c(C)c1. The van der Waals surface area contributed by atoms with Crippen LogP contribution in [0.1, 0.15) is 30.5 Å². The second-order valence-electron chi connectivity index (χ2n) is 6.79. The topological polar surface area (TPSA) is 49.3 Å². The maximum Gasteiger partial charge on any atom is 0.125 e. The molecule has 0 amide bonds. The average molecular weight is 398 g/mol. The monoisotopic (exact) mass is 397 g/mol. The van der Waals surface area contributed by atoms with Crippen LogP contribution in [0.3, 0.4) is 0 Å². The van der Waals surface area contributed by atoms with E-state index >= 15 is 0 Å². The second kappa shape index (κ2) is 11.8. The zero-order valence-corrected chi connectivity index (χ0v) is 18.0. The number of nitrogens with zero attached hydrogens (tertiary/aromatic N) is 1. The zero-order valence-electron chi connectivity index (χ0n) is 18.0. The van der Waals surface area contributed by atoms with Gasteiger partial charge in [0.1, 0.15) is 44.2 Å². The van der Waals surface area contributed by atoms with Crippen molar-refractivity contribution in [3.63, 3.8) is 0 Å². The summed E-state index contributed by atoms with van der Waals surface area (Å²) in [5.41, 5.74) is 4.20. The van der Waals surface area contributed by atoms with Gasteiger partial charge in [0, 0.05) is 6.42 Å². The number of ether oxygens (including phenoxy) is 3. The molecule has 0 atom stereocenters. The summed E-state index contributed by atoms with van der Waals surface area (Å²) in [5, 5.41) is 3.93. The van der Waals surface area contributed by atoms with Crippen LogP contribution in [-0.2, 0) is 11.3 Å². The van der Waals surface area contributed by atoms with E-state index in [9.17, 15) is 0 Å². The molecule has 29 heavy (non-hydrogen) atoms. The molecule has 0 saturated carbocycles. The van der Waals surface area contributed by atoms with Crippen molar-refractivity contribution in [1.82, 2.24) is 0 Å². The lowest BCUT2D eigenvalue weighted by Gasteiger charge is -2.15. The zero-order chi connectivity index (χ0) is 21.1. The van der Waals surface area contributed by atoms with Gasteiger partial charge in [-0.2, -0.15) is 0 Å². The Labute approximate surface area is 173 Å². The first-order valence-electron chi connectivity index (χ1n) is 9.79. The summed E-state index contributed by atoms with van der Waals surface area (Å²) in [6.45, 7) is 9.49. The number of allylic oxidation sites excluding steroid dienone is 1. The molecule has 0 radical (unpaired) electrons. The highest BCUT2D eigenvalue weighted by Crippen LogP contribution is 2.28. The number of hydrogen-bond acceptors (Lipinski definition) is 5. The van der Waals surface area contributed by atoms with E-state index in [4.69, 9.17) is 19.0 Å². The van der Waals surface area contributed by atoms with Crippen molar-refractivity contribution in [2.75, 3.05) is 26.9 Å². The van der Waals surface area contributed by atoms with E-state index in [1.165, 1.54) is 0 Å². The van der Waals surface area contributed by atoms with Crippen molar-refractivity contribution in [2.24, 2.45) is 5.16 Å². The Morgan fingerprint density at radius 2 is 1.59 bits per heavy atom. The van der Waals surface area contributed by atoms with Crippen molar-refractivity contribution in [3.05, 3.63) is 65.2 Å². The lowest BCUT2D eigenvalue weighted by Crippen LogP contribution is -2.10. The molecule has 2 rings (SSSR count). The number of benzene rings is 2. The molecule has 0 N–H and O–H groups in total. The van der Waals surface area contributed by atoms with Crippen molar-refractivity contribution in [2.45, 2.75) is 34.1 Å². The minimum Gasteiger partial charge on any atom is -0.490 e. The van der Waals surface area contributed by atoms with Gasteiger partial charge >= 0.3 is 0 Å². The number of oxime groups is 1. The average Bonchev–Trinajstić information content (AvgIpc) is 2.68. The maximum absolute atomic E-state index is 5.95. The summed E-state index contributed by atoms with van der Waals surface area (Å²) in [4.78, 5) is 4.79. The molecule has 0 aliphatic carbocycles. The van der Waals surface area contributed by atoms with Crippen molar-refractivity contribution in [3.8, 4) is 17.2 Å². The summed E-state index contributed by atoms with van der Waals surface area (Å²) >= 11 is 0. The molecule has 0 heterocycles. The van der Waals surface area contributed by atoms with Crippen LogP contribution in [0.2, 0.25) is 0 Å². The Bertz CT molecular complexity index is 802. The molecule has 0 aliphatic heterocycles. The Hall–Kier alpha value is -2.95. The molecule has 0 bridgehead atoms. The molecule has 0 saturated heterocycles. The van der Waals surface area contributed by atoms with Crippen LogP contribution >= 0.6 is 0 Å². The molecule has 0 spiro atoms. The minimum atomic E-state index is 0.474. The number of hydrogen-bond donors (Lipinski definition) is 0. The predicted molar refractivity (Wildman–Crippen MR) is 117 cm³/mol. The summed E-state index contributed by atoms with van der Waals surface area (Å²) in [7, 11) is 1.55. The predicted octanol–water partition coefficient (Wildman–Crippen LogP) is 5.28. The van der Waals surface area contributed by atoms with E-state index < -0.39 is 0 Å². The van der Waals surface area contributed by atoms with Crippen LogP contribution in [0.4, 0.5) is 0 Å². The quantitative estimate of drug-likeness (QED) is 0.224. The molecule has 2 aromatic rings. The summed E-state index contributed by atoms with van der Waals surface area (Å²) < 4.78 is 17.5. The fourth-order valence-corrected chi connectivity index (χ4v) is 2.95. The fourth-order valence-electron chi connectivity index (χ4n) is 2.95. The van der Waals surface area contributed by atoms with Gasteiger partial charge in [-0.25, -0.2) is 0 Å². The van der Waals surface area contributed by atoms with Gasteiger partial charge in [0.25, 0.3) is 0 Å². The van der Waals surface area contributed by atoms with Crippen molar-refractivity contribution >= 4 is 5.71 Å². The third kappa shape index (κ3) is 7.53. The minimum absolute atomic E-state index is 0.474. The maximum atomic E-state index is 5.95. The fraction of sp³-hybridized carbons (Fsp3) is 0.375. The molecular formula is C24H31NO4. The van der Waals surface area contributed by atoms with Crippen molar-refractivity contribution < 1.29 is 19.0 Å². The highest BCUT2D eigenvalue weighted by Gasteiger charge is 2.07. The largest absolute Gasteiger partial charge is 0.490 e. The molecule has 0 aliphatic rings. The Morgan fingerprint density at radius 1 is 0.931 bits per heavy atom. The van der Waals surface area contributed by atoms with Crippen LogP contribution in [0.5, 0.6) is 17.2 Å². The van der Waals surface area contributed by atoms with Gasteiger partial charge in [-0.3, -0.25) is 0 Å². The third-order valence-electron chi connectivity index (χ3n) is 4.24. The van der Waals surface area contributed by atoms with Gasteiger partial charge in [0.15, 0.2) is 0 Å². The summed E-state index contributed by atoms with van der Waals surface area (Å²) in [6.07, 6.45) is 4.71. The Kier molecular flexibility index (Phi) is 9.09. The van der Waals surface area contributed by atoms with Crippen molar-refractivity contribution in [1.29, 1.82) is 0 Å². The second-order valence-corrected chi connectivity index (χ2v) is 6.79. The summed E-state index contributed by atoms with van der Waals surface area (Å²) in [6, 6.07) is 12.0. The van der Waals surface area contributed by atoms with Crippen LogP contribution in [0, 0.1) is 13.8 Å². The van der Waals surface area contributed by atoms with E-state index in [0.717, 1.165) is 46.1 Å². The summed E-state index contributed by atoms with van der Waals surface area (Å²) in [5.74, 6) is 2.56. The lowest BCUT2D eigenvalue weighted by molar-refractivity contribution is 0.212. The van der Waals surface area contributed by atoms with Crippen LogP contribution in [0.25, 0.3) is 0 Å². The smallest absolute Gasteiger partial charge is 0.125 e. The molecule has 5 heteroatoms. The number of rotatable bonds is 11. The van der Waals surface area contributed by atoms with E-state index in [-0.39, 0.29) is 0 Å². The highest BCUT2D eigenvalue weighted by molar-refractivity contribution is 5.83. The van der Waals surface area contributed by atoms with Gasteiger partial charge < -0.3 is 19.0 Å². The van der Waals surface area contributed by atoms with Gasteiger partial charge in [0.05, 0.1) is 5.71 Å². The highest BCUT2D eigenvalue weighted by atomic mass is 16.6. The Balaban J connectivity index is 1.82. The van der Waals surface area contributed by atoms with Crippen LogP contribution in [-0.4, -0.2) is 32.6 Å². The standard InChI is InChI=1S/C24H31NO4/c1-6-7-12-27-23-15-18(2)24(19(3)16-23)29-14-13-28-22-10-8-21(9-11-22)17-20(4)25-26-5/h6-11,15-16H,12-14,17H2,1-5H3/b7-6+,25-20+. The molecule has 0 unspecified atom stereocenters. The molecule has 156 valence electrons. The first-order chi connectivity index (χ1) is 14.0. The van der Waals surface area contributed by atoms with Crippen LogP contribution in [0.15, 0.2) is 53.7 Å². The van der Waals surface area contributed by atoms with Gasteiger partial charge in [-0.1, -0.05) is 29.4 Å². The molecule has 5 nitrogen and oxygen atoms in total. The van der Waals surface area contributed by atoms with E-state index in [2.05, 4.69) is 5.16 Å². The van der Waals surface area contributed by atoms with Gasteiger partial charge in [-0.15, -0.1) is 0 Å².